The van der Waals surface area contributed by atoms with Crippen molar-refractivity contribution in [2.45, 2.75) is 25.6 Å². The zero-order valence-electron chi connectivity index (χ0n) is 7.82. The molecular formula is C9H18O3. The van der Waals surface area contributed by atoms with E-state index in [-0.39, 0.29) is 12.9 Å². The zero-order chi connectivity index (χ0) is 9.23. The molecule has 0 aromatic carbocycles. The molecule has 0 rings (SSSR count). The molecule has 0 amide bonds. The maximum atomic E-state index is 8.47. The van der Waals surface area contributed by atoms with Gasteiger partial charge in [0.1, 0.15) is 0 Å². The van der Waals surface area contributed by atoms with E-state index >= 15 is 0 Å². The van der Waals surface area contributed by atoms with Gasteiger partial charge in [-0.2, -0.15) is 0 Å². The number of hydrogen-bond donors (Lipinski definition) is 1. The lowest BCUT2D eigenvalue weighted by atomic mass is 10.2. The molecule has 0 aliphatic carbocycles. The molecule has 0 unspecified atom stereocenters. The molecule has 0 radical (unpaired) electrons. The first-order chi connectivity index (χ1) is 5.85. The predicted molar refractivity (Wildman–Crippen MR) is 47.9 cm³/mol. The van der Waals surface area contributed by atoms with Gasteiger partial charge >= 0.3 is 0 Å². The van der Waals surface area contributed by atoms with Gasteiger partial charge < -0.3 is 14.6 Å². The van der Waals surface area contributed by atoms with E-state index in [1.807, 2.05) is 12.2 Å². The highest BCUT2D eigenvalue weighted by Gasteiger charge is 2.01. The number of ether oxygens (including phenoxy) is 2. The van der Waals surface area contributed by atoms with Gasteiger partial charge in [0.25, 0.3) is 0 Å². The Balaban J connectivity index is 3.27. The van der Waals surface area contributed by atoms with Crippen molar-refractivity contribution >= 4 is 0 Å². The normalized spacial score (nSPS) is 11.7. The van der Waals surface area contributed by atoms with Gasteiger partial charge in [-0.05, 0) is 12.8 Å². The van der Waals surface area contributed by atoms with Crippen molar-refractivity contribution in [1.29, 1.82) is 0 Å². The first-order valence-corrected chi connectivity index (χ1v) is 4.16. The van der Waals surface area contributed by atoms with E-state index in [0.29, 0.717) is 0 Å². The minimum Gasteiger partial charge on any atom is -0.396 e. The third-order valence-electron chi connectivity index (χ3n) is 1.56. The molecule has 0 spiro atoms. The van der Waals surface area contributed by atoms with Gasteiger partial charge in [-0.15, -0.1) is 0 Å². The van der Waals surface area contributed by atoms with Crippen molar-refractivity contribution in [2.24, 2.45) is 0 Å². The van der Waals surface area contributed by atoms with Gasteiger partial charge in [0, 0.05) is 27.2 Å². The van der Waals surface area contributed by atoms with Crippen LogP contribution in [0.1, 0.15) is 19.3 Å². The molecule has 0 aromatic rings. The standard InChI is InChI=1S/C9H18O3/c1-11-9(12-2)7-5-3-4-6-8-10/h3-4,9-10H,5-8H2,1-2H3/b4-3-. The molecule has 0 aliphatic heterocycles. The molecule has 72 valence electrons. The lowest BCUT2D eigenvalue weighted by Crippen LogP contribution is -2.11. The molecule has 3 nitrogen and oxygen atoms in total. The summed E-state index contributed by atoms with van der Waals surface area (Å²) >= 11 is 0. The predicted octanol–water partition coefficient (Wildman–Crippen LogP) is 1.32. The summed E-state index contributed by atoms with van der Waals surface area (Å²) < 4.78 is 10.0. The third kappa shape index (κ3) is 6.34. The van der Waals surface area contributed by atoms with Gasteiger partial charge in [-0.25, -0.2) is 0 Å². The second-order valence-electron chi connectivity index (χ2n) is 2.46. The summed E-state index contributed by atoms with van der Waals surface area (Å²) in [5.74, 6) is 0. The van der Waals surface area contributed by atoms with E-state index in [9.17, 15) is 0 Å². The first kappa shape index (κ1) is 11.6. The van der Waals surface area contributed by atoms with E-state index in [1.165, 1.54) is 0 Å². The Kier molecular flexibility index (Phi) is 8.44. The first-order valence-electron chi connectivity index (χ1n) is 4.16. The Hall–Kier alpha value is -0.380. The highest BCUT2D eigenvalue weighted by atomic mass is 16.7. The molecule has 0 bridgehead atoms. The molecule has 0 heterocycles. The summed E-state index contributed by atoms with van der Waals surface area (Å²) in [4.78, 5) is 0. The number of aliphatic hydroxyl groups is 1. The fourth-order valence-electron chi connectivity index (χ4n) is 0.874. The quantitative estimate of drug-likeness (QED) is 0.467. The Morgan fingerprint density at radius 1 is 1.17 bits per heavy atom. The van der Waals surface area contributed by atoms with Gasteiger partial charge in [-0.3, -0.25) is 0 Å². The molecule has 0 atom stereocenters. The van der Waals surface area contributed by atoms with E-state index in [1.54, 1.807) is 14.2 Å². The minimum atomic E-state index is -0.108. The molecule has 0 saturated carbocycles. The van der Waals surface area contributed by atoms with E-state index in [4.69, 9.17) is 14.6 Å². The lowest BCUT2D eigenvalue weighted by molar-refractivity contribution is -0.105. The summed E-state index contributed by atoms with van der Waals surface area (Å²) in [6.45, 7) is 0.217. The van der Waals surface area contributed by atoms with Crippen LogP contribution in [0, 0.1) is 0 Å². The van der Waals surface area contributed by atoms with Crippen LogP contribution in [0.4, 0.5) is 0 Å². The second kappa shape index (κ2) is 8.71. The van der Waals surface area contributed by atoms with Crippen molar-refractivity contribution in [2.75, 3.05) is 20.8 Å². The summed E-state index contributed by atoms with van der Waals surface area (Å²) in [7, 11) is 3.26. The number of aliphatic hydroxyl groups excluding tert-OH is 1. The fraction of sp³-hybridized carbons (Fsp3) is 0.778. The van der Waals surface area contributed by atoms with Crippen molar-refractivity contribution < 1.29 is 14.6 Å². The molecule has 0 aromatic heterocycles. The Labute approximate surface area is 74.0 Å². The monoisotopic (exact) mass is 174 g/mol. The van der Waals surface area contributed by atoms with Crippen LogP contribution in [0.5, 0.6) is 0 Å². The van der Waals surface area contributed by atoms with Crippen molar-refractivity contribution in [3.63, 3.8) is 0 Å². The van der Waals surface area contributed by atoms with Crippen LogP contribution < -0.4 is 0 Å². The Morgan fingerprint density at radius 3 is 2.25 bits per heavy atom. The van der Waals surface area contributed by atoms with E-state index in [2.05, 4.69) is 0 Å². The fourth-order valence-corrected chi connectivity index (χ4v) is 0.874. The number of allylic oxidation sites excluding steroid dienone is 1. The second-order valence-corrected chi connectivity index (χ2v) is 2.46. The average Bonchev–Trinajstić information content (AvgIpc) is 2.11. The van der Waals surface area contributed by atoms with Crippen molar-refractivity contribution in [1.82, 2.24) is 0 Å². The van der Waals surface area contributed by atoms with Crippen LogP contribution in [0.2, 0.25) is 0 Å². The largest absolute Gasteiger partial charge is 0.396 e. The molecular weight excluding hydrogens is 156 g/mol. The third-order valence-corrected chi connectivity index (χ3v) is 1.56. The lowest BCUT2D eigenvalue weighted by Gasteiger charge is -2.10. The zero-order valence-corrected chi connectivity index (χ0v) is 7.82. The molecule has 3 heteroatoms. The van der Waals surface area contributed by atoms with Gasteiger partial charge in [0.05, 0.1) is 0 Å². The average molecular weight is 174 g/mol. The minimum absolute atomic E-state index is 0.108. The number of methoxy groups -OCH3 is 2. The van der Waals surface area contributed by atoms with E-state index < -0.39 is 0 Å². The maximum Gasteiger partial charge on any atom is 0.157 e. The highest BCUT2D eigenvalue weighted by molar-refractivity contribution is 4.81. The topological polar surface area (TPSA) is 38.7 Å². The number of hydrogen-bond acceptors (Lipinski definition) is 3. The summed E-state index contributed by atoms with van der Waals surface area (Å²) in [5, 5.41) is 8.47. The SMILES string of the molecule is COC(CC/C=C\CCO)OC. The van der Waals surface area contributed by atoms with Crippen molar-refractivity contribution in [3.05, 3.63) is 12.2 Å². The van der Waals surface area contributed by atoms with Gasteiger partial charge in [0.2, 0.25) is 0 Å². The molecule has 0 aliphatic rings. The van der Waals surface area contributed by atoms with Gasteiger partial charge in [0.15, 0.2) is 6.29 Å². The summed E-state index contributed by atoms with van der Waals surface area (Å²) in [6, 6.07) is 0. The van der Waals surface area contributed by atoms with Crippen LogP contribution >= 0.6 is 0 Å². The molecule has 12 heavy (non-hydrogen) atoms. The molecule has 0 fully saturated rings. The number of rotatable bonds is 7. The van der Waals surface area contributed by atoms with Gasteiger partial charge in [-0.1, -0.05) is 12.2 Å². The van der Waals surface area contributed by atoms with Crippen LogP contribution in [0.15, 0.2) is 12.2 Å². The Morgan fingerprint density at radius 2 is 1.75 bits per heavy atom. The summed E-state index contributed by atoms with van der Waals surface area (Å²) in [6.07, 6.45) is 6.39. The molecule has 1 N–H and O–H groups in total. The summed E-state index contributed by atoms with van der Waals surface area (Å²) in [5.41, 5.74) is 0. The maximum absolute atomic E-state index is 8.47. The smallest absolute Gasteiger partial charge is 0.157 e. The van der Waals surface area contributed by atoms with Crippen LogP contribution in [-0.4, -0.2) is 32.2 Å². The van der Waals surface area contributed by atoms with Crippen molar-refractivity contribution in [3.8, 4) is 0 Å². The van der Waals surface area contributed by atoms with Crippen LogP contribution in [0.25, 0.3) is 0 Å². The van der Waals surface area contributed by atoms with Crippen LogP contribution in [-0.2, 0) is 9.47 Å². The molecule has 0 saturated heterocycles. The Bertz CT molecular complexity index is 108. The van der Waals surface area contributed by atoms with Crippen LogP contribution in [0.3, 0.4) is 0 Å². The highest BCUT2D eigenvalue weighted by Crippen LogP contribution is 2.02. The van der Waals surface area contributed by atoms with E-state index in [0.717, 1.165) is 19.3 Å².